The van der Waals surface area contributed by atoms with Crippen molar-refractivity contribution >= 4 is 23.1 Å². The third-order valence-corrected chi connectivity index (χ3v) is 2.14. The maximum absolute atomic E-state index is 11.6. The van der Waals surface area contributed by atoms with E-state index < -0.39 is 0 Å². The van der Waals surface area contributed by atoms with Gasteiger partial charge in [0, 0.05) is 12.4 Å². The molecule has 0 saturated heterocycles. The van der Waals surface area contributed by atoms with Gasteiger partial charge in [-0.1, -0.05) is 19.1 Å². The third kappa shape index (κ3) is 3.25. The molecular weight excluding hydrogens is 212 g/mol. The van der Waals surface area contributed by atoms with Crippen molar-refractivity contribution in [1.29, 1.82) is 0 Å². The summed E-state index contributed by atoms with van der Waals surface area (Å²) in [6, 6.07) is -0.297. The normalized spacial score (nSPS) is 11.8. The Hall–Kier alpha value is -1.56. The zero-order chi connectivity index (χ0) is 11.3. The number of nitrogens with zero attached hydrogens (tertiary/aromatic N) is 2. The minimum Gasteiger partial charge on any atom is -0.392 e. The molecule has 1 atom stereocenters. The first-order valence-electron chi connectivity index (χ1n) is 4.51. The first-order valence-corrected chi connectivity index (χ1v) is 4.92. The van der Waals surface area contributed by atoms with E-state index in [-0.39, 0.29) is 22.6 Å². The predicted octanol–water partition coefficient (Wildman–Crippen LogP) is 0.271. The number of carbonyl (C=O) groups is 1. The Kier molecular flexibility index (Phi) is 4.11. The Morgan fingerprint density at radius 3 is 2.87 bits per heavy atom. The molecule has 15 heavy (non-hydrogen) atoms. The second-order valence-electron chi connectivity index (χ2n) is 2.93. The fourth-order valence-corrected chi connectivity index (χ4v) is 1.25. The molecule has 0 bridgehead atoms. The Labute approximate surface area is 93.1 Å². The van der Waals surface area contributed by atoms with Gasteiger partial charge in [0.05, 0.1) is 17.2 Å². The lowest BCUT2D eigenvalue weighted by Gasteiger charge is -2.14. The molecule has 0 aliphatic carbocycles. The van der Waals surface area contributed by atoms with Gasteiger partial charge in [-0.3, -0.25) is 9.78 Å². The highest BCUT2D eigenvalue weighted by Gasteiger charge is 2.14. The van der Waals surface area contributed by atoms with Crippen LogP contribution in [0, 0.1) is 0 Å². The Morgan fingerprint density at radius 1 is 1.67 bits per heavy atom. The Morgan fingerprint density at radius 2 is 2.40 bits per heavy atom. The van der Waals surface area contributed by atoms with Crippen LogP contribution in [0.2, 0.25) is 0 Å². The van der Waals surface area contributed by atoms with E-state index in [1.807, 2.05) is 6.92 Å². The molecule has 1 aromatic heterocycles. The highest BCUT2D eigenvalue weighted by Crippen LogP contribution is 1.95. The molecule has 1 amide bonds. The van der Waals surface area contributed by atoms with Crippen LogP contribution in [0.25, 0.3) is 0 Å². The first-order chi connectivity index (χ1) is 7.15. The summed E-state index contributed by atoms with van der Waals surface area (Å²) >= 11 is 4.81. The van der Waals surface area contributed by atoms with Gasteiger partial charge in [0.15, 0.2) is 0 Å². The van der Waals surface area contributed by atoms with Crippen LogP contribution >= 0.6 is 12.2 Å². The van der Waals surface area contributed by atoms with E-state index in [0.717, 1.165) is 0 Å². The van der Waals surface area contributed by atoms with Gasteiger partial charge in [0.25, 0.3) is 5.91 Å². The molecule has 1 heterocycles. The van der Waals surface area contributed by atoms with Crippen LogP contribution in [0.5, 0.6) is 0 Å². The SMILES string of the molecule is CCC(NC(=O)c1cnccn1)C(N)=S. The monoisotopic (exact) mass is 224 g/mol. The van der Waals surface area contributed by atoms with Gasteiger partial charge in [-0.2, -0.15) is 0 Å². The summed E-state index contributed by atoms with van der Waals surface area (Å²) in [5.74, 6) is -0.317. The van der Waals surface area contributed by atoms with Crippen molar-refractivity contribution in [3.05, 3.63) is 24.3 Å². The maximum Gasteiger partial charge on any atom is 0.272 e. The summed E-state index contributed by atoms with van der Waals surface area (Å²) in [4.78, 5) is 19.5. The highest BCUT2D eigenvalue weighted by molar-refractivity contribution is 7.80. The summed E-state index contributed by atoms with van der Waals surface area (Å²) < 4.78 is 0. The predicted molar refractivity (Wildman–Crippen MR) is 60.4 cm³/mol. The number of hydrogen-bond acceptors (Lipinski definition) is 4. The van der Waals surface area contributed by atoms with E-state index >= 15 is 0 Å². The number of rotatable bonds is 4. The fraction of sp³-hybridized carbons (Fsp3) is 0.333. The quantitative estimate of drug-likeness (QED) is 0.717. The molecule has 80 valence electrons. The second kappa shape index (κ2) is 5.35. The van der Waals surface area contributed by atoms with E-state index in [4.69, 9.17) is 18.0 Å². The molecule has 6 heteroatoms. The van der Waals surface area contributed by atoms with Crippen molar-refractivity contribution in [1.82, 2.24) is 15.3 Å². The average molecular weight is 224 g/mol. The van der Waals surface area contributed by atoms with Crippen molar-refractivity contribution in [3.63, 3.8) is 0 Å². The van der Waals surface area contributed by atoms with Gasteiger partial charge in [0.1, 0.15) is 5.69 Å². The van der Waals surface area contributed by atoms with Gasteiger partial charge in [-0.15, -0.1) is 0 Å². The summed E-state index contributed by atoms with van der Waals surface area (Å²) in [5, 5.41) is 2.67. The maximum atomic E-state index is 11.6. The molecule has 0 aliphatic rings. The zero-order valence-electron chi connectivity index (χ0n) is 8.30. The van der Waals surface area contributed by atoms with E-state index in [9.17, 15) is 4.79 Å². The van der Waals surface area contributed by atoms with Gasteiger partial charge in [-0.05, 0) is 6.42 Å². The van der Waals surface area contributed by atoms with Crippen LogP contribution in [-0.4, -0.2) is 26.9 Å². The second-order valence-corrected chi connectivity index (χ2v) is 3.40. The van der Waals surface area contributed by atoms with E-state index in [0.29, 0.717) is 6.42 Å². The number of thiocarbonyl (C=S) groups is 1. The number of hydrogen-bond donors (Lipinski definition) is 2. The Balaban J connectivity index is 2.67. The van der Waals surface area contributed by atoms with Gasteiger partial charge in [-0.25, -0.2) is 4.98 Å². The molecule has 0 aliphatic heterocycles. The molecule has 0 saturated carbocycles. The largest absolute Gasteiger partial charge is 0.392 e. The topological polar surface area (TPSA) is 80.9 Å². The number of amides is 1. The minimum atomic E-state index is -0.317. The molecule has 0 radical (unpaired) electrons. The molecule has 0 fully saturated rings. The molecule has 0 spiro atoms. The summed E-state index contributed by atoms with van der Waals surface area (Å²) in [6.07, 6.45) is 5.00. The van der Waals surface area contributed by atoms with E-state index in [1.54, 1.807) is 0 Å². The first kappa shape index (κ1) is 11.5. The van der Waals surface area contributed by atoms with Gasteiger partial charge >= 0.3 is 0 Å². The van der Waals surface area contributed by atoms with Crippen LogP contribution < -0.4 is 11.1 Å². The van der Waals surface area contributed by atoms with E-state index in [2.05, 4.69) is 15.3 Å². The minimum absolute atomic E-state index is 0.257. The lowest BCUT2D eigenvalue weighted by molar-refractivity contribution is 0.0941. The van der Waals surface area contributed by atoms with Crippen LogP contribution in [0.3, 0.4) is 0 Å². The van der Waals surface area contributed by atoms with Crippen molar-refractivity contribution < 1.29 is 4.79 Å². The fourth-order valence-electron chi connectivity index (χ4n) is 1.02. The van der Waals surface area contributed by atoms with Crippen LogP contribution in [0.4, 0.5) is 0 Å². The van der Waals surface area contributed by atoms with Crippen molar-refractivity contribution in [2.24, 2.45) is 5.73 Å². The zero-order valence-corrected chi connectivity index (χ0v) is 9.12. The molecule has 3 N–H and O–H groups in total. The number of nitrogens with one attached hydrogen (secondary N) is 1. The number of nitrogens with two attached hydrogens (primary N) is 1. The van der Waals surface area contributed by atoms with Gasteiger partial charge in [0.2, 0.25) is 0 Å². The van der Waals surface area contributed by atoms with Crippen LogP contribution in [-0.2, 0) is 0 Å². The number of carbonyl (C=O) groups excluding carboxylic acids is 1. The van der Waals surface area contributed by atoms with Crippen molar-refractivity contribution in [2.45, 2.75) is 19.4 Å². The lowest BCUT2D eigenvalue weighted by Crippen LogP contribution is -2.43. The van der Waals surface area contributed by atoms with E-state index in [1.165, 1.54) is 18.6 Å². The molecule has 0 aromatic carbocycles. The summed E-state index contributed by atoms with van der Waals surface area (Å²) in [6.45, 7) is 1.89. The standard InChI is InChI=1S/C9H12N4OS/c1-2-6(8(10)15)13-9(14)7-5-11-3-4-12-7/h3-6H,2H2,1H3,(H2,10,15)(H,13,14). The van der Waals surface area contributed by atoms with Crippen molar-refractivity contribution in [2.75, 3.05) is 0 Å². The lowest BCUT2D eigenvalue weighted by atomic mass is 10.2. The molecule has 1 rings (SSSR count). The highest BCUT2D eigenvalue weighted by atomic mass is 32.1. The van der Waals surface area contributed by atoms with Crippen LogP contribution in [0.15, 0.2) is 18.6 Å². The molecule has 5 nitrogen and oxygen atoms in total. The summed E-state index contributed by atoms with van der Waals surface area (Å²) in [5.41, 5.74) is 5.71. The van der Waals surface area contributed by atoms with Crippen molar-refractivity contribution in [3.8, 4) is 0 Å². The third-order valence-electron chi connectivity index (χ3n) is 1.85. The summed E-state index contributed by atoms with van der Waals surface area (Å²) in [7, 11) is 0. The smallest absolute Gasteiger partial charge is 0.272 e. The van der Waals surface area contributed by atoms with Crippen LogP contribution in [0.1, 0.15) is 23.8 Å². The average Bonchev–Trinajstić information content (AvgIpc) is 2.26. The molecular formula is C9H12N4OS. The van der Waals surface area contributed by atoms with Gasteiger partial charge < -0.3 is 11.1 Å². The number of aromatic nitrogens is 2. The molecule has 1 aromatic rings. The molecule has 1 unspecified atom stereocenters. The Bertz CT molecular complexity index is 354.